The van der Waals surface area contributed by atoms with Crippen molar-refractivity contribution in [2.24, 2.45) is 0 Å². The minimum absolute atomic E-state index is 0.467. The van der Waals surface area contributed by atoms with Crippen molar-refractivity contribution in [1.29, 1.82) is 0 Å². The lowest BCUT2D eigenvalue weighted by Gasteiger charge is -2.33. The zero-order valence-electron chi connectivity index (χ0n) is 21.9. The van der Waals surface area contributed by atoms with Crippen molar-refractivity contribution < 1.29 is 9.31 Å². The molecule has 1 aromatic heterocycles. The number of hydrogen-bond donors (Lipinski definition) is 0. The van der Waals surface area contributed by atoms with Crippen LogP contribution in [0.25, 0.3) is 49.7 Å². The molecule has 3 nitrogen and oxygen atoms in total. The third kappa shape index (κ3) is 2.86. The molecule has 0 bridgehead atoms. The van der Waals surface area contributed by atoms with Crippen molar-refractivity contribution in [3.8, 4) is 39.4 Å². The van der Waals surface area contributed by atoms with E-state index in [1.54, 1.807) is 0 Å². The molecule has 0 saturated heterocycles. The molecule has 3 heterocycles. The van der Waals surface area contributed by atoms with Crippen LogP contribution in [0.2, 0.25) is 0 Å². The first-order valence-corrected chi connectivity index (χ1v) is 13.2. The highest BCUT2D eigenvalue weighted by Crippen LogP contribution is 2.44. The van der Waals surface area contributed by atoms with E-state index in [4.69, 9.17) is 9.31 Å². The maximum absolute atomic E-state index is 6.40. The van der Waals surface area contributed by atoms with Crippen LogP contribution in [-0.4, -0.2) is 11.7 Å². The van der Waals surface area contributed by atoms with E-state index in [-0.39, 0.29) is 0 Å². The van der Waals surface area contributed by atoms with Crippen LogP contribution in [0.1, 0.15) is 22.3 Å². The summed E-state index contributed by atoms with van der Waals surface area (Å²) in [6.07, 6.45) is 0. The van der Waals surface area contributed by atoms with E-state index in [0.717, 1.165) is 33.8 Å². The molecule has 8 rings (SSSR count). The SMILES string of the molecule is Cc1cc(C)c2c(c1)c1cc(C)cc(C)c1n2-c1cc2c3c(c1)-c1ccccc1OB3Oc1ccccc1-2. The maximum atomic E-state index is 6.40. The standard InChI is InChI=1S/C34H26BNO2/c1-19-13-21(3)33-28(15-19)29-16-20(2)14-22(4)34(29)36(33)23-17-26-24-9-5-7-11-30(24)37-35-32(26)27(18-23)25-10-6-8-12-31(25)38-35/h5-18H,1-4H3. The predicted octanol–water partition coefficient (Wildman–Crippen LogP) is 7.83. The summed E-state index contributed by atoms with van der Waals surface area (Å²) in [5, 5.41) is 2.61. The average molecular weight is 491 g/mol. The molecule has 2 aliphatic heterocycles. The van der Waals surface area contributed by atoms with Crippen molar-refractivity contribution in [2.45, 2.75) is 27.7 Å². The van der Waals surface area contributed by atoms with Crippen molar-refractivity contribution in [2.75, 3.05) is 0 Å². The number of rotatable bonds is 1. The van der Waals surface area contributed by atoms with Gasteiger partial charge in [-0.05, 0) is 86.3 Å². The highest BCUT2D eigenvalue weighted by atomic mass is 16.6. The molecule has 5 aromatic carbocycles. The molecular formula is C34H26BNO2. The van der Waals surface area contributed by atoms with Crippen LogP contribution in [0, 0.1) is 27.7 Å². The minimum atomic E-state index is -0.467. The van der Waals surface area contributed by atoms with E-state index in [0.29, 0.717) is 0 Å². The Morgan fingerprint density at radius 1 is 0.553 bits per heavy atom. The van der Waals surface area contributed by atoms with Gasteiger partial charge >= 0.3 is 7.12 Å². The Kier molecular flexibility index (Phi) is 4.30. The highest BCUT2D eigenvalue weighted by molar-refractivity contribution is 6.68. The van der Waals surface area contributed by atoms with Crippen LogP contribution in [0.3, 0.4) is 0 Å². The average Bonchev–Trinajstić information content (AvgIpc) is 3.23. The smallest absolute Gasteiger partial charge is 0.521 e. The lowest BCUT2D eigenvalue weighted by molar-refractivity contribution is 0.436. The molecular weight excluding hydrogens is 465 g/mol. The van der Waals surface area contributed by atoms with E-state index in [9.17, 15) is 0 Å². The lowest BCUT2D eigenvalue weighted by atomic mass is 9.66. The van der Waals surface area contributed by atoms with Gasteiger partial charge in [0.2, 0.25) is 0 Å². The van der Waals surface area contributed by atoms with Gasteiger partial charge in [0.05, 0.1) is 11.0 Å². The van der Waals surface area contributed by atoms with Crippen LogP contribution in [0.5, 0.6) is 11.5 Å². The summed E-state index contributed by atoms with van der Waals surface area (Å²) in [7, 11) is -0.467. The van der Waals surface area contributed by atoms with Crippen molar-refractivity contribution in [3.05, 3.63) is 107 Å². The second-order valence-corrected chi connectivity index (χ2v) is 10.8. The molecule has 0 unspecified atom stereocenters. The number of hydrogen-bond acceptors (Lipinski definition) is 2. The summed E-state index contributed by atoms with van der Waals surface area (Å²) in [4.78, 5) is 0. The fourth-order valence-corrected chi connectivity index (χ4v) is 6.72. The summed E-state index contributed by atoms with van der Waals surface area (Å²) >= 11 is 0. The van der Waals surface area contributed by atoms with Crippen LogP contribution in [-0.2, 0) is 0 Å². The summed E-state index contributed by atoms with van der Waals surface area (Å²) in [6, 6.07) is 30.5. The van der Waals surface area contributed by atoms with Gasteiger partial charge in [-0.1, -0.05) is 59.7 Å². The summed E-state index contributed by atoms with van der Waals surface area (Å²) in [5.74, 6) is 1.71. The molecule has 0 spiro atoms. The predicted molar refractivity (Wildman–Crippen MR) is 157 cm³/mol. The molecule has 38 heavy (non-hydrogen) atoms. The van der Waals surface area contributed by atoms with Crippen LogP contribution >= 0.6 is 0 Å². The summed E-state index contributed by atoms with van der Waals surface area (Å²) in [5.41, 5.74) is 14.5. The Bertz CT molecular complexity index is 1850. The molecule has 0 aliphatic carbocycles. The Morgan fingerprint density at radius 2 is 1.03 bits per heavy atom. The fourth-order valence-electron chi connectivity index (χ4n) is 6.72. The van der Waals surface area contributed by atoms with Gasteiger partial charge in [0, 0.05) is 33.0 Å². The normalized spacial score (nSPS) is 13.1. The molecule has 0 fully saturated rings. The highest BCUT2D eigenvalue weighted by Gasteiger charge is 2.41. The molecule has 0 N–H and O–H groups in total. The summed E-state index contributed by atoms with van der Waals surface area (Å²) in [6.45, 7) is 8.85. The van der Waals surface area contributed by atoms with Crippen LogP contribution in [0.4, 0.5) is 0 Å². The largest absolute Gasteiger partial charge is 0.633 e. The van der Waals surface area contributed by atoms with Gasteiger partial charge < -0.3 is 13.9 Å². The molecule has 2 aliphatic rings. The third-order valence-electron chi connectivity index (χ3n) is 8.11. The zero-order valence-corrected chi connectivity index (χ0v) is 21.9. The number of aryl methyl sites for hydroxylation is 4. The number of para-hydroxylation sites is 2. The number of benzene rings is 5. The molecule has 0 saturated carbocycles. The van der Waals surface area contributed by atoms with Gasteiger partial charge in [-0.2, -0.15) is 0 Å². The van der Waals surface area contributed by atoms with E-state index in [1.807, 2.05) is 24.3 Å². The molecule has 182 valence electrons. The van der Waals surface area contributed by atoms with Gasteiger partial charge in [0.1, 0.15) is 11.5 Å². The van der Waals surface area contributed by atoms with Crippen LogP contribution in [0.15, 0.2) is 84.9 Å². The maximum Gasteiger partial charge on any atom is 0.633 e. The molecule has 0 amide bonds. The van der Waals surface area contributed by atoms with E-state index >= 15 is 0 Å². The molecule has 0 radical (unpaired) electrons. The quantitative estimate of drug-likeness (QED) is 0.219. The Balaban J connectivity index is 1.55. The second-order valence-electron chi connectivity index (χ2n) is 10.8. The molecule has 4 heteroatoms. The van der Waals surface area contributed by atoms with Gasteiger partial charge in [-0.15, -0.1) is 0 Å². The number of nitrogens with zero attached hydrogens (tertiary/aromatic N) is 1. The topological polar surface area (TPSA) is 23.4 Å². The van der Waals surface area contributed by atoms with Crippen molar-refractivity contribution >= 4 is 34.4 Å². The molecule has 6 aromatic rings. The Morgan fingerprint density at radius 3 is 1.53 bits per heavy atom. The Hall–Kier alpha value is -4.44. The summed E-state index contributed by atoms with van der Waals surface area (Å²) < 4.78 is 15.3. The third-order valence-corrected chi connectivity index (χ3v) is 8.11. The van der Waals surface area contributed by atoms with E-state index in [2.05, 4.69) is 92.9 Å². The first-order chi connectivity index (χ1) is 18.5. The van der Waals surface area contributed by atoms with E-state index < -0.39 is 7.12 Å². The first-order valence-electron chi connectivity index (χ1n) is 13.2. The van der Waals surface area contributed by atoms with Crippen molar-refractivity contribution in [1.82, 2.24) is 4.57 Å². The minimum Gasteiger partial charge on any atom is -0.521 e. The second kappa shape index (κ2) is 7.55. The number of fused-ring (bicyclic) bond motifs is 7. The Labute approximate surface area is 222 Å². The van der Waals surface area contributed by atoms with Gasteiger partial charge in [0.25, 0.3) is 0 Å². The lowest BCUT2D eigenvalue weighted by Crippen LogP contribution is -2.49. The fraction of sp³-hybridized carbons (Fsp3) is 0.118. The van der Waals surface area contributed by atoms with Gasteiger partial charge in [-0.25, -0.2) is 0 Å². The molecule has 0 atom stereocenters. The van der Waals surface area contributed by atoms with Gasteiger partial charge in [-0.3, -0.25) is 0 Å². The van der Waals surface area contributed by atoms with E-state index in [1.165, 1.54) is 55.2 Å². The number of aromatic nitrogens is 1. The first kappa shape index (κ1) is 21.6. The van der Waals surface area contributed by atoms with Gasteiger partial charge in [0.15, 0.2) is 0 Å². The van der Waals surface area contributed by atoms with Crippen molar-refractivity contribution in [3.63, 3.8) is 0 Å². The zero-order chi connectivity index (χ0) is 25.7. The monoisotopic (exact) mass is 491 g/mol. The van der Waals surface area contributed by atoms with Crippen LogP contribution < -0.4 is 14.8 Å².